The number of hydrogen-bond acceptors (Lipinski definition) is 3. The zero-order valence-electron chi connectivity index (χ0n) is 14.3. The minimum atomic E-state index is -1.99. The first-order valence-corrected chi connectivity index (χ1v) is 8.49. The maximum Gasteiger partial charge on any atom is 0.268 e. The third-order valence-corrected chi connectivity index (χ3v) is 4.60. The molecule has 1 N–H and O–H groups in total. The van der Waals surface area contributed by atoms with Gasteiger partial charge in [-0.05, 0) is 24.6 Å². The molecule has 0 radical (unpaired) electrons. The minimum absolute atomic E-state index is 0.102. The Labute approximate surface area is 147 Å². The minimum Gasteiger partial charge on any atom is -0.372 e. The highest BCUT2D eigenvalue weighted by Crippen LogP contribution is 2.30. The van der Waals surface area contributed by atoms with Gasteiger partial charge >= 0.3 is 0 Å². The number of anilines is 1. The van der Waals surface area contributed by atoms with E-state index in [1.165, 1.54) is 9.80 Å². The van der Waals surface area contributed by atoms with Crippen LogP contribution in [-0.2, 0) is 16.1 Å². The van der Waals surface area contributed by atoms with E-state index in [0.717, 1.165) is 5.56 Å². The fourth-order valence-electron chi connectivity index (χ4n) is 3.15. The summed E-state index contributed by atoms with van der Waals surface area (Å²) < 4.78 is 0. The Balaban J connectivity index is 1.79. The number of nitrogens with zero attached hydrogens (tertiary/aromatic N) is 2. The van der Waals surface area contributed by atoms with Crippen LogP contribution in [0, 0.1) is 0 Å². The SMILES string of the molecule is CCN(Cc1ccccc1)C(=O)[C@@]1(O)CCN(c2ccccc2)C1=O. The quantitative estimate of drug-likeness (QED) is 0.850. The van der Waals surface area contributed by atoms with E-state index in [4.69, 9.17) is 0 Å². The molecule has 5 heteroatoms. The molecule has 0 aliphatic carbocycles. The Morgan fingerprint density at radius 1 is 1.12 bits per heavy atom. The van der Waals surface area contributed by atoms with Crippen LogP contribution in [0.1, 0.15) is 18.9 Å². The summed E-state index contributed by atoms with van der Waals surface area (Å²) in [5.41, 5.74) is -0.324. The molecule has 0 aromatic heterocycles. The summed E-state index contributed by atoms with van der Waals surface area (Å²) in [4.78, 5) is 28.7. The first kappa shape index (κ1) is 17.2. The maximum absolute atomic E-state index is 12.9. The number of carbonyl (C=O) groups is 2. The Hall–Kier alpha value is -2.66. The van der Waals surface area contributed by atoms with Crippen LogP contribution in [0.4, 0.5) is 5.69 Å². The fraction of sp³-hybridized carbons (Fsp3) is 0.300. The molecule has 1 fully saturated rings. The van der Waals surface area contributed by atoms with Crippen molar-refractivity contribution in [3.63, 3.8) is 0 Å². The van der Waals surface area contributed by atoms with E-state index in [0.29, 0.717) is 25.3 Å². The highest BCUT2D eigenvalue weighted by Gasteiger charge is 2.53. The van der Waals surface area contributed by atoms with Crippen molar-refractivity contribution in [3.8, 4) is 0 Å². The summed E-state index contributed by atoms with van der Waals surface area (Å²) >= 11 is 0. The van der Waals surface area contributed by atoms with Crippen molar-refractivity contribution in [2.45, 2.75) is 25.5 Å². The number of hydrogen-bond donors (Lipinski definition) is 1. The van der Waals surface area contributed by atoms with Crippen LogP contribution in [0.15, 0.2) is 60.7 Å². The first-order chi connectivity index (χ1) is 12.1. The molecule has 3 rings (SSSR count). The highest BCUT2D eigenvalue weighted by atomic mass is 16.3. The lowest BCUT2D eigenvalue weighted by Gasteiger charge is -2.29. The standard InChI is InChI=1S/C20H22N2O3/c1-2-21(15-16-9-5-3-6-10-16)18(23)20(25)13-14-22(19(20)24)17-11-7-4-8-12-17/h3-12,25H,2,13-15H2,1H3/t20-/m0/s1. The highest BCUT2D eigenvalue weighted by molar-refractivity contribution is 6.16. The average Bonchev–Trinajstić information content (AvgIpc) is 2.97. The predicted octanol–water partition coefficient (Wildman–Crippen LogP) is 2.20. The molecule has 5 nitrogen and oxygen atoms in total. The molecule has 1 aliphatic rings. The number of carbonyl (C=O) groups excluding carboxylic acids is 2. The fourth-order valence-corrected chi connectivity index (χ4v) is 3.15. The third kappa shape index (κ3) is 3.28. The monoisotopic (exact) mass is 338 g/mol. The van der Waals surface area contributed by atoms with E-state index in [2.05, 4.69) is 0 Å². The van der Waals surface area contributed by atoms with Crippen molar-refractivity contribution >= 4 is 17.5 Å². The van der Waals surface area contributed by atoms with Gasteiger partial charge in [0.25, 0.3) is 11.8 Å². The van der Waals surface area contributed by atoms with Crippen LogP contribution in [0.25, 0.3) is 0 Å². The van der Waals surface area contributed by atoms with Gasteiger partial charge in [0.2, 0.25) is 5.60 Å². The molecule has 2 amide bonds. The molecular formula is C20H22N2O3. The number of likely N-dealkylation sites (N-methyl/N-ethyl adjacent to an activating group) is 1. The van der Waals surface area contributed by atoms with Gasteiger partial charge in [-0.3, -0.25) is 9.59 Å². The molecule has 25 heavy (non-hydrogen) atoms. The van der Waals surface area contributed by atoms with Crippen molar-refractivity contribution < 1.29 is 14.7 Å². The van der Waals surface area contributed by atoms with Gasteiger partial charge in [-0.1, -0.05) is 48.5 Å². The molecule has 1 saturated heterocycles. The first-order valence-electron chi connectivity index (χ1n) is 8.49. The smallest absolute Gasteiger partial charge is 0.268 e. The molecule has 2 aromatic rings. The van der Waals surface area contributed by atoms with Gasteiger partial charge in [0, 0.05) is 31.7 Å². The van der Waals surface area contributed by atoms with Crippen LogP contribution in [0.5, 0.6) is 0 Å². The molecule has 0 unspecified atom stereocenters. The zero-order valence-corrected chi connectivity index (χ0v) is 14.3. The molecule has 0 saturated carbocycles. The van der Waals surface area contributed by atoms with Crippen LogP contribution >= 0.6 is 0 Å². The second-order valence-corrected chi connectivity index (χ2v) is 6.21. The van der Waals surface area contributed by atoms with E-state index in [-0.39, 0.29) is 6.42 Å². The molecule has 1 atom stereocenters. The van der Waals surface area contributed by atoms with Crippen LogP contribution in [0.2, 0.25) is 0 Å². The number of amides is 2. The zero-order chi connectivity index (χ0) is 17.9. The second kappa shape index (κ2) is 7.07. The van der Waals surface area contributed by atoms with Gasteiger partial charge in [-0.2, -0.15) is 0 Å². The van der Waals surface area contributed by atoms with Crippen LogP contribution < -0.4 is 4.90 Å². The summed E-state index contributed by atoms with van der Waals surface area (Å²) in [5.74, 6) is -1.07. The lowest BCUT2D eigenvalue weighted by Crippen LogP contribution is -2.53. The van der Waals surface area contributed by atoms with Gasteiger partial charge < -0.3 is 14.9 Å². The predicted molar refractivity (Wildman–Crippen MR) is 95.9 cm³/mol. The van der Waals surface area contributed by atoms with Gasteiger partial charge in [0.15, 0.2) is 0 Å². The lowest BCUT2D eigenvalue weighted by atomic mass is 10.00. The summed E-state index contributed by atoms with van der Waals surface area (Å²) in [5, 5.41) is 10.9. The van der Waals surface area contributed by atoms with E-state index in [1.54, 1.807) is 12.1 Å². The number of rotatable bonds is 5. The van der Waals surface area contributed by atoms with Gasteiger partial charge in [-0.15, -0.1) is 0 Å². The van der Waals surface area contributed by atoms with Crippen molar-refractivity contribution in [2.75, 3.05) is 18.0 Å². The molecule has 0 bridgehead atoms. The van der Waals surface area contributed by atoms with Crippen molar-refractivity contribution in [1.29, 1.82) is 0 Å². The summed E-state index contributed by atoms with van der Waals surface area (Å²) in [6.45, 7) is 2.97. The molecule has 1 aliphatic heterocycles. The van der Waals surface area contributed by atoms with Gasteiger partial charge in [-0.25, -0.2) is 0 Å². The molecular weight excluding hydrogens is 316 g/mol. The van der Waals surface area contributed by atoms with E-state index in [9.17, 15) is 14.7 Å². The molecule has 0 spiro atoms. The number of para-hydroxylation sites is 1. The Kier molecular flexibility index (Phi) is 4.86. The van der Waals surface area contributed by atoms with Gasteiger partial charge in [0.1, 0.15) is 0 Å². The molecule has 1 heterocycles. The van der Waals surface area contributed by atoms with Gasteiger partial charge in [0.05, 0.1) is 0 Å². The largest absolute Gasteiger partial charge is 0.372 e. The van der Waals surface area contributed by atoms with Crippen molar-refractivity contribution in [2.24, 2.45) is 0 Å². The Morgan fingerprint density at radius 3 is 2.32 bits per heavy atom. The van der Waals surface area contributed by atoms with Crippen LogP contribution in [0.3, 0.4) is 0 Å². The second-order valence-electron chi connectivity index (χ2n) is 6.21. The normalized spacial score (nSPS) is 19.9. The van der Waals surface area contributed by atoms with Crippen LogP contribution in [-0.4, -0.2) is 40.5 Å². The molecule has 130 valence electrons. The van der Waals surface area contributed by atoms with E-state index in [1.807, 2.05) is 55.5 Å². The van der Waals surface area contributed by atoms with E-state index >= 15 is 0 Å². The summed E-state index contributed by atoms with van der Waals surface area (Å²) in [6, 6.07) is 18.7. The average molecular weight is 338 g/mol. The summed E-state index contributed by atoms with van der Waals surface area (Å²) in [7, 11) is 0. The topological polar surface area (TPSA) is 60.9 Å². The number of aliphatic hydroxyl groups is 1. The Bertz CT molecular complexity index is 748. The van der Waals surface area contributed by atoms with Crippen molar-refractivity contribution in [3.05, 3.63) is 66.2 Å². The maximum atomic E-state index is 12.9. The third-order valence-electron chi connectivity index (χ3n) is 4.60. The lowest BCUT2D eigenvalue weighted by molar-refractivity contribution is -0.157. The molecule has 2 aromatic carbocycles. The number of benzene rings is 2. The Morgan fingerprint density at radius 2 is 1.72 bits per heavy atom. The summed E-state index contributed by atoms with van der Waals surface area (Å²) in [6.07, 6.45) is 0.102. The van der Waals surface area contributed by atoms with Crippen molar-refractivity contribution in [1.82, 2.24) is 4.90 Å². The van der Waals surface area contributed by atoms with E-state index < -0.39 is 17.4 Å².